The summed E-state index contributed by atoms with van der Waals surface area (Å²) in [5, 5.41) is 8.73. The second-order valence-corrected chi connectivity index (χ2v) is 4.15. The van der Waals surface area contributed by atoms with E-state index in [2.05, 4.69) is 4.98 Å². The molecule has 2 rings (SSSR count). The number of methoxy groups -OCH3 is 1. The molecule has 0 aliphatic rings. The van der Waals surface area contributed by atoms with Gasteiger partial charge in [0.2, 0.25) is 5.89 Å². The largest absolute Gasteiger partial charge is 0.497 e. The lowest BCUT2D eigenvalue weighted by Gasteiger charge is -2.04. The summed E-state index contributed by atoms with van der Waals surface area (Å²) < 4.78 is 15.9. The van der Waals surface area contributed by atoms with E-state index in [-0.39, 0.29) is 13.0 Å². The number of oxazole rings is 1. The third-order valence-electron chi connectivity index (χ3n) is 2.68. The highest BCUT2D eigenvalue weighted by Crippen LogP contribution is 2.19. The third kappa shape index (κ3) is 3.50. The van der Waals surface area contributed by atoms with E-state index in [0.29, 0.717) is 23.1 Å². The van der Waals surface area contributed by atoms with Crippen LogP contribution < -0.4 is 9.47 Å². The number of nitrogens with zero attached hydrogens (tertiary/aromatic N) is 1. The van der Waals surface area contributed by atoms with Gasteiger partial charge in [-0.3, -0.25) is 4.79 Å². The zero-order valence-electron chi connectivity index (χ0n) is 11.3. The molecule has 0 atom stereocenters. The van der Waals surface area contributed by atoms with Gasteiger partial charge < -0.3 is 19.0 Å². The Morgan fingerprint density at radius 3 is 2.55 bits per heavy atom. The maximum atomic E-state index is 10.6. The molecule has 6 heteroatoms. The van der Waals surface area contributed by atoms with Crippen molar-refractivity contribution in [3.8, 4) is 11.5 Å². The Morgan fingerprint density at radius 2 is 1.95 bits per heavy atom. The summed E-state index contributed by atoms with van der Waals surface area (Å²) in [5.41, 5.74) is 0.422. The molecule has 0 amide bonds. The van der Waals surface area contributed by atoms with Crippen LogP contribution in [0.2, 0.25) is 0 Å². The number of aryl methyl sites for hydroxylation is 1. The number of hydrogen-bond donors (Lipinski definition) is 1. The van der Waals surface area contributed by atoms with Crippen molar-refractivity contribution in [2.24, 2.45) is 0 Å². The third-order valence-corrected chi connectivity index (χ3v) is 2.68. The van der Waals surface area contributed by atoms with Gasteiger partial charge in [0.25, 0.3) is 0 Å². The summed E-state index contributed by atoms with van der Waals surface area (Å²) in [7, 11) is 1.59. The lowest BCUT2D eigenvalue weighted by molar-refractivity contribution is -0.136. The average molecular weight is 277 g/mol. The molecule has 0 unspecified atom stereocenters. The maximum absolute atomic E-state index is 10.6. The van der Waals surface area contributed by atoms with Crippen LogP contribution in [0.25, 0.3) is 0 Å². The topological polar surface area (TPSA) is 81.8 Å². The van der Waals surface area contributed by atoms with Gasteiger partial charge in [-0.05, 0) is 31.2 Å². The van der Waals surface area contributed by atoms with Crippen molar-refractivity contribution in [3.05, 3.63) is 41.6 Å². The molecule has 6 nitrogen and oxygen atoms in total. The molecule has 0 saturated carbocycles. The first-order valence-electron chi connectivity index (χ1n) is 6.02. The smallest absolute Gasteiger partial charge is 0.309 e. The molecule has 0 aliphatic carbocycles. The molecule has 2 aromatic rings. The van der Waals surface area contributed by atoms with Crippen LogP contribution in [0.1, 0.15) is 17.3 Å². The molecular weight excluding hydrogens is 262 g/mol. The normalized spacial score (nSPS) is 10.3. The number of hydrogen-bond acceptors (Lipinski definition) is 5. The molecule has 0 saturated heterocycles. The Morgan fingerprint density at radius 1 is 1.30 bits per heavy atom. The van der Waals surface area contributed by atoms with Gasteiger partial charge >= 0.3 is 5.97 Å². The van der Waals surface area contributed by atoms with Crippen molar-refractivity contribution in [2.45, 2.75) is 20.0 Å². The van der Waals surface area contributed by atoms with Gasteiger partial charge in [-0.15, -0.1) is 0 Å². The molecule has 1 N–H and O–H groups in total. The fraction of sp³-hybridized carbons (Fsp3) is 0.286. The molecule has 0 spiro atoms. The van der Waals surface area contributed by atoms with Crippen LogP contribution in [-0.2, 0) is 17.8 Å². The van der Waals surface area contributed by atoms with Gasteiger partial charge in [0.1, 0.15) is 17.3 Å². The lowest BCUT2D eigenvalue weighted by Crippen LogP contribution is -2.02. The van der Waals surface area contributed by atoms with Crippen LogP contribution in [-0.4, -0.2) is 23.2 Å². The predicted molar refractivity (Wildman–Crippen MR) is 69.9 cm³/mol. The van der Waals surface area contributed by atoms with Gasteiger partial charge in [-0.1, -0.05) is 0 Å². The number of aromatic nitrogens is 1. The Labute approximate surface area is 116 Å². The van der Waals surface area contributed by atoms with Gasteiger partial charge in [-0.25, -0.2) is 4.98 Å². The van der Waals surface area contributed by atoms with E-state index in [9.17, 15) is 4.79 Å². The molecule has 1 aromatic carbocycles. The number of ether oxygens (including phenoxy) is 2. The Bertz CT molecular complexity index is 588. The van der Waals surface area contributed by atoms with Crippen molar-refractivity contribution in [3.63, 3.8) is 0 Å². The second-order valence-electron chi connectivity index (χ2n) is 4.15. The van der Waals surface area contributed by atoms with Crippen LogP contribution in [0, 0.1) is 6.92 Å². The molecule has 0 bridgehead atoms. The van der Waals surface area contributed by atoms with E-state index >= 15 is 0 Å². The number of carboxylic acids is 1. The van der Waals surface area contributed by atoms with Crippen molar-refractivity contribution < 1.29 is 23.8 Å². The zero-order valence-corrected chi connectivity index (χ0v) is 11.3. The van der Waals surface area contributed by atoms with Crippen LogP contribution in [0.4, 0.5) is 0 Å². The summed E-state index contributed by atoms with van der Waals surface area (Å²) in [6, 6.07) is 7.11. The maximum Gasteiger partial charge on any atom is 0.309 e. The molecule has 0 aliphatic heterocycles. The minimum Gasteiger partial charge on any atom is -0.497 e. The van der Waals surface area contributed by atoms with Gasteiger partial charge in [0, 0.05) is 0 Å². The first-order chi connectivity index (χ1) is 9.58. The van der Waals surface area contributed by atoms with E-state index in [1.807, 2.05) is 0 Å². The van der Waals surface area contributed by atoms with E-state index in [1.54, 1.807) is 38.3 Å². The summed E-state index contributed by atoms with van der Waals surface area (Å²) in [4.78, 5) is 14.7. The summed E-state index contributed by atoms with van der Waals surface area (Å²) in [5.74, 6) is 1.31. The summed E-state index contributed by atoms with van der Waals surface area (Å²) in [6.07, 6.45) is -0.155. The Hall–Kier alpha value is -2.50. The quantitative estimate of drug-likeness (QED) is 0.871. The van der Waals surface area contributed by atoms with Crippen LogP contribution >= 0.6 is 0 Å². The molecular formula is C14H15NO5. The highest BCUT2D eigenvalue weighted by molar-refractivity contribution is 5.69. The minimum atomic E-state index is -0.941. The Balaban J connectivity index is 1.97. The number of carbonyl (C=O) groups is 1. The molecule has 106 valence electrons. The van der Waals surface area contributed by atoms with Gasteiger partial charge in [0.15, 0.2) is 6.61 Å². The fourth-order valence-electron chi connectivity index (χ4n) is 1.67. The SMILES string of the molecule is COc1ccc(OCc2nc(CC(=O)O)c(C)o2)cc1. The van der Waals surface area contributed by atoms with E-state index in [4.69, 9.17) is 19.0 Å². The monoisotopic (exact) mass is 277 g/mol. The Kier molecular flexibility index (Phi) is 4.24. The predicted octanol–water partition coefficient (Wildman–Crippen LogP) is 2.20. The molecule has 20 heavy (non-hydrogen) atoms. The molecule has 1 aromatic heterocycles. The van der Waals surface area contributed by atoms with E-state index in [0.717, 1.165) is 5.75 Å². The van der Waals surface area contributed by atoms with E-state index in [1.165, 1.54) is 0 Å². The van der Waals surface area contributed by atoms with Crippen LogP contribution in [0.3, 0.4) is 0 Å². The second kappa shape index (κ2) is 6.10. The van der Waals surface area contributed by atoms with Crippen LogP contribution in [0.15, 0.2) is 28.7 Å². The van der Waals surface area contributed by atoms with Gasteiger partial charge in [-0.2, -0.15) is 0 Å². The number of carboxylic acid groups (broad SMARTS) is 1. The number of benzene rings is 1. The van der Waals surface area contributed by atoms with Crippen LogP contribution in [0.5, 0.6) is 11.5 Å². The first kappa shape index (κ1) is 13.9. The van der Waals surface area contributed by atoms with Crippen molar-refractivity contribution in [1.82, 2.24) is 4.98 Å². The van der Waals surface area contributed by atoms with Crippen molar-refractivity contribution in [2.75, 3.05) is 7.11 Å². The zero-order chi connectivity index (χ0) is 14.5. The summed E-state index contributed by atoms with van der Waals surface area (Å²) in [6.45, 7) is 1.83. The number of rotatable bonds is 6. The molecule has 0 radical (unpaired) electrons. The molecule has 1 heterocycles. The van der Waals surface area contributed by atoms with Crippen molar-refractivity contribution >= 4 is 5.97 Å². The average Bonchev–Trinajstić information content (AvgIpc) is 2.77. The first-order valence-corrected chi connectivity index (χ1v) is 6.02. The highest BCUT2D eigenvalue weighted by Gasteiger charge is 2.13. The fourth-order valence-corrected chi connectivity index (χ4v) is 1.67. The highest BCUT2D eigenvalue weighted by atomic mass is 16.5. The van der Waals surface area contributed by atoms with Crippen molar-refractivity contribution in [1.29, 1.82) is 0 Å². The standard InChI is InChI=1S/C14H15NO5/c1-9-12(7-14(16)17)15-13(20-9)8-19-11-5-3-10(18-2)4-6-11/h3-6H,7-8H2,1-2H3,(H,16,17). The molecule has 0 fully saturated rings. The van der Waals surface area contributed by atoms with Gasteiger partial charge in [0.05, 0.1) is 19.2 Å². The minimum absolute atomic E-state index is 0.146. The van der Waals surface area contributed by atoms with E-state index < -0.39 is 5.97 Å². The lowest BCUT2D eigenvalue weighted by atomic mass is 10.3. The number of aliphatic carboxylic acids is 1. The summed E-state index contributed by atoms with van der Waals surface area (Å²) >= 11 is 0.